The summed E-state index contributed by atoms with van der Waals surface area (Å²) in [5.41, 5.74) is 2.11. The molecule has 2 aliphatic rings. The number of imide groups is 1. The fourth-order valence-electron chi connectivity index (χ4n) is 4.37. The van der Waals surface area contributed by atoms with E-state index in [1.54, 1.807) is 35.4 Å². The number of carbonyl (C=O) groups excluding carboxylic acids is 3. The van der Waals surface area contributed by atoms with Crippen LogP contribution >= 0.6 is 23.2 Å². The van der Waals surface area contributed by atoms with Crippen molar-refractivity contribution >= 4 is 52.4 Å². The largest absolute Gasteiger partial charge is 0.465 e. The number of hydrogen-bond donors (Lipinski definition) is 0. The monoisotopic (exact) mass is 496 g/mol. The van der Waals surface area contributed by atoms with Gasteiger partial charge in [0.2, 0.25) is 5.91 Å². The Kier molecular flexibility index (Phi) is 5.77. The highest BCUT2D eigenvalue weighted by atomic mass is 35.5. The molecule has 2 fully saturated rings. The van der Waals surface area contributed by atoms with Crippen molar-refractivity contribution < 1.29 is 24.0 Å². The molecule has 3 aromatic carbocycles. The van der Waals surface area contributed by atoms with Crippen LogP contribution in [0.15, 0.2) is 72.8 Å². The van der Waals surface area contributed by atoms with E-state index in [9.17, 15) is 14.4 Å². The summed E-state index contributed by atoms with van der Waals surface area (Å²) in [6, 6.07) is 19.9. The summed E-state index contributed by atoms with van der Waals surface area (Å²) in [7, 11) is 1.31. The molecule has 0 aliphatic carbocycles. The number of methoxy groups -OCH3 is 1. The van der Waals surface area contributed by atoms with Crippen molar-refractivity contribution in [3.8, 4) is 0 Å². The maximum Gasteiger partial charge on any atom is 0.337 e. The first-order chi connectivity index (χ1) is 16.4. The van der Waals surface area contributed by atoms with Crippen LogP contribution in [0.4, 0.5) is 11.4 Å². The molecule has 5 rings (SSSR count). The number of carbonyl (C=O) groups is 3. The van der Waals surface area contributed by atoms with Crippen molar-refractivity contribution in [3.63, 3.8) is 0 Å². The van der Waals surface area contributed by atoms with Crippen LogP contribution in [-0.4, -0.2) is 31.0 Å². The molecule has 0 aromatic heterocycles. The molecule has 172 valence electrons. The molecule has 0 bridgehead atoms. The number of esters is 1. The molecule has 0 spiro atoms. The Labute approximate surface area is 205 Å². The third-order valence-corrected chi connectivity index (χ3v) is 6.70. The van der Waals surface area contributed by atoms with Gasteiger partial charge in [-0.25, -0.2) is 14.8 Å². The van der Waals surface area contributed by atoms with Gasteiger partial charge in [-0.3, -0.25) is 14.4 Å². The van der Waals surface area contributed by atoms with Gasteiger partial charge in [0.15, 0.2) is 6.10 Å². The van der Waals surface area contributed by atoms with E-state index < -0.39 is 35.8 Å². The summed E-state index contributed by atoms with van der Waals surface area (Å²) in [6.07, 6.45) is -1.02. The number of ether oxygens (including phenoxy) is 1. The number of nitrogens with zero attached hydrogens (tertiary/aromatic N) is 2. The first-order valence-electron chi connectivity index (χ1n) is 10.4. The first-order valence-corrected chi connectivity index (χ1v) is 11.2. The Morgan fingerprint density at radius 3 is 2.24 bits per heavy atom. The Hall–Kier alpha value is -3.39. The van der Waals surface area contributed by atoms with E-state index in [1.807, 2.05) is 30.3 Å². The van der Waals surface area contributed by atoms with Crippen LogP contribution in [0, 0.1) is 5.92 Å². The van der Waals surface area contributed by atoms with Crippen molar-refractivity contribution in [2.45, 2.75) is 12.1 Å². The van der Waals surface area contributed by atoms with Gasteiger partial charge in [-0.05, 0) is 48.0 Å². The second-order valence-corrected chi connectivity index (χ2v) is 8.70. The van der Waals surface area contributed by atoms with E-state index in [0.29, 0.717) is 27.5 Å². The molecule has 2 aliphatic heterocycles. The number of para-hydroxylation sites is 1. The molecule has 0 unspecified atom stereocenters. The van der Waals surface area contributed by atoms with Crippen molar-refractivity contribution in [1.29, 1.82) is 0 Å². The highest BCUT2D eigenvalue weighted by molar-refractivity contribution is 6.42. The van der Waals surface area contributed by atoms with Gasteiger partial charge in [-0.15, -0.1) is 0 Å². The number of fused-ring (bicyclic) bond motifs is 1. The highest BCUT2D eigenvalue weighted by Crippen LogP contribution is 2.47. The molecule has 2 heterocycles. The van der Waals surface area contributed by atoms with Crippen molar-refractivity contribution in [3.05, 3.63) is 94.0 Å². The molecule has 9 heteroatoms. The summed E-state index contributed by atoms with van der Waals surface area (Å²) in [5.74, 6) is -2.17. The maximum absolute atomic E-state index is 13.6. The predicted octanol–water partition coefficient (Wildman–Crippen LogP) is 4.83. The van der Waals surface area contributed by atoms with Gasteiger partial charge in [0.25, 0.3) is 5.91 Å². The van der Waals surface area contributed by atoms with Gasteiger partial charge in [0.1, 0.15) is 5.92 Å². The fourth-order valence-corrected chi connectivity index (χ4v) is 4.66. The van der Waals surface area contributed by atoms with Gasteiger partial charge < -0.3 is 4.74 Å². The average molecular weight is 497 g/mol. The Balaban J connectivity index is 1.56. The van der Waals surface area contributed by atoms with Crippen LogP contribution in [0.5, 0.6) is 0 Å². The maximum atomic E-state index is 13.6. The van der Waals surface area contributed by atoms with Gasteiger partial charge >= 0.3 is 5.97 Å². The molecule has 2 amide bonds. The zero-order valence-corrected chi connectivity index (χ0v) is 19.4. The predicted molar refractivity (Wildman–Crippen MR) is 127 cm³/mol. The lowest BCUT2D eigenvalue weighted by molar-refractivity contribution is -0.126. The van der Waals surface area contributed by atoms with Gasteiger partial charge in [-0.1, -0.05) is 53.5 Å². The summed E-state index contributed by atoms with van der Waals surface area (Å²) >= 11 is 12.1. The van der Waals surface area contributed by atoms with Crippen LogP contribution in [0.1, 0.15) is 22.0 Å². The summed E-state index contributed by atoms with van der Waals surface area (Å²) < 4.78 is 4.77. The molecule has 7 nitrogen and oxygen atoms in total. The molecule has 0 radical (unpaired) electrons. The lowest BCUT2D eigenvalue weighted by Gasteiger charge is -2.29. The van der Waals surface area contributed by atoms with Gasteiger partial charge in [-0.2, -0.15) is 0 Å². The van der Waals surface area contributed by atoms with E-state index in [-0.39, 0.29) is 5.02 Å². The fraction of sp³-hybridized carbons (Fsp3) is 0.160. The van der Waals surface area contributed by atoms with Gasteiger partial charge in [0, 0.05) is 0 Å². The molecular formula is C25H18Cl2N2O5. The SMILES string of the molecule is COC(=O)c1ccc([C@@H]2[C@H]3C(=O)N(c4ccc(Cl)c(Cl)c4)C(=O)[C@H]3ON2c2ccccc2)cc1. The molecule has 3 aromatic rings. The van der Waals surface area contributed by atoms with E-state index in [2.05, 4.69) is 0 Å². The van der Waals surface area contributed by atoms with Crippen LogP contribution in [0.25, 0.3) is 0 Å². The molecular weight excluding hydrogens is 479 g/mol. The van der Waals surface area contributed by atoms with E-state index >= 15 is 0 Å². The third kappa shape index (κ3) is 3.62. The molecule has 3 atom stereocenters. The number of hydrogen-bond acceptors (Lipinski definition) is 6. The molecule has 0 N–H and O–H groups in total. The second kappa shape index (κ2) is 8.76. The zero-order chi connectivity index (χ0) is 24.0. The van der Waals surface area contributed by atoms with Gasteiger partial charge in [0.05, 0.1) is 40.1 Å². The van der Waals surface area contributed by atoms with Crippen LogP contribution in [0.2, 0.25) is 10.0 Å². The zero-order valence-electron chi connectivity index (χ0n) is 17.9. The number of anilines is 2. The highest BCUT2D eigenvalue weighted by Gasteiger charge is 2.60. The second-order valence-electron chi connectivity index (χ2n) is 7.88. The quantitative estimate of drug-likeness (QED) is 0.380. The summed E-state index contributed by atoms with van der Waals surface area (Å²) in [6.45, 7) is 0. The number of benzene rings is 3. The number of hydroxylamine groups is 1. The van der Waals surface area contributed by atoms with Crippen molar-refractivity contribution in [2.75, 3.05) is 17.1 Å². The lowest BCUT2D eigenvalue weighted by atomic mass is 9.90. The number of amides is 2. The first kappa shape index (κ1) is 22.4. The average Bonchev–Trinajstić information content (AvgIpc) is 3.37. The van der Waals surface area contributed by atoms with Crippen LogP contribution < -0.4 is 9.96 Å². The van der Waals surface area contributed by atoms with Crippen molar-refractivity contribution in [2.24, 2.45) is 5.92 Å². The topological polar surface area (TPSA) is 76.2 Å². The van der Waals surface area contributed by atoms with E-state index in [0.717, 1.165) is 4.90 Å². The Morgan fingerprint density at radius 1 is 0.882 bits per heavy atom. The summed E-state index contributed by atoms with van der Waals surface area (Å²) in [5, 5.41) is 2.14. The minimum absolute atomic E-state index is 0.235. The van der Waals surface area contributed by atoms with E-state index in [4.69, 9.17) is 32.8 Å². The molecule has 0 saturated carbocycles. The normalized spacial score (nSPS) is 21.7. The van der Waals surface area contributed by atoms with Crippen LogP contribution in [0.3, 0.4) is 0 Å². The third-order valence-electron chi connectivity index (χ3n) is 5.96. The molecule has 2 saturated heterocycles. The lowest BCUT2D eigenvalue weighted by Crippen LogP contribution is -2.37. The van der Waals surface area contributed by atoms with E-state index in [1.165, 1.54) is 19.2 Å². The van der Waals surface area contributed by atoms with Crippen molar-refractivity contribution in [1.82, 2.24) is 0 Å². The molecule has 34 heavy (non-hydrogen) atoms. The smallest absolute Gasteiger partial charge is 0.337 e. The standard InChI is InChI=1S/C25H18Cl2N2O5/c1-33-25(32)15-9-7-14(8-10-15)21-20-22(34-29(21)16-5-3-2-4-6-16)24(31)28(23(20)30)17-11-12-18(26)19(27)13-17/h2-13,20-22H,1H3/t20-,21-,22+/m1/s1. The Morgan fingerprint density at radius 2 is 1.59 bits per heavy atom. The number of halogens is 2. The minimum atomic E-state index is -1.02. The minimum Gasteiger partial charge on any atom is -0.465 e. The van der Waals surface area contributed by atoms with Crippen LogP contribution in [-0.2, 0) is 19.2 Å². The summed E-state index contributed by atoms with van der Waals surface area (Å²) in [4.78, 5) is 46.0. The Bertz CT molecular complexity index is 1280. The number of rotatable bonds is 4.